The lowest BCUT2D eigenvalue weighted by molar-refractivity contribution is -0.131. The number of benzene rings is 1. The van der Waals surface area contributed by atoms with E-state index in [2.05, 4.69) is 0 Å². The first-order chi connectivity index (χ1) is 8.47. The molecule has 2 rings (SSSR count). The molecule has 0 atom stereocenters. The van der Waals surface area contributed by atoms with Gasteiger partial charge in [-0.05, 0) is 19.1 Å². The predicted molar refractivity (Wildman–Crippen MR) is 63.8 cm³/mol. The van der Waals surface area contributed by atoms with Gasteiger partial charge in [0, 0.05) is 24.4 Å². The largest absolute Gasteiger partial charge is 0.426 e. The van der Waals surface area contributed by atoms with Crippen molar-refractivity contribution in [3.05, 3.63) is 40.2 Å². The van der Waals surface area contributed by atoms with Gasteiger partial charge in [0.15, 0.2) is 5.78 Å². The van der Waals surface area contributed by atoms with E-state index in [-0.39, 0.29) is 22.7 Å². The number of carbonyl (C=O) groups excluding carboxylic acids is 2. The molecule has 0 aliphatic carbocycles. The fraction of sp³-hybridized carbons (Fsp3) is 0.154. The van der Waals surface area contributed by atoms with Crippen molar-refractivity contribution in [1.29, 1.82) is 0 Å². The van der Waals surface area contributed by atoms with Crippen molar-refractivity contribution < 1.29 is 18.7 Å². The lowest BCUT2D eigenvalue weighted by atomic mass is 10.1. The highest BCUT2D eigenvalue weighted by atomic mass is 16.5. The SMILES string of the molecule is CC(=O)Oc1cc2oc(=O)ccc2cc1C(C)=O. The van der Waals surface area contributed by atoms with E-state index in [1.807, 2.05) is 0 Å². The Balaban J connectivity index is 2.72. The smallest absolute Gasteiger partial charge is 0.336 e. The van der Waals surface area contributed by atoms with Gasteiger partial charge in [0.2, 0.25) is 0 Å². The molecule has 0 aliphatic rings. The van der Waals surface area contributed by atoms with Crippen LogP contribution in [-0.2, 0) is 4.79 Å². The Morgan fingerprint density at radius 2 is 1.89 bits per heavy atom. The predicted octanol–water partition coefficient (Wildman–Crippen LogP) is 1.92. The van der Waals surface area contributed by atoms with E-state index in [1.54, 1.807) is 6.07 Å². The summed E-state index contributed by atoms with van der Waals surface area (Å²) in [5.41, 5.74) is 0.0298. The average molecular weight is 246 g/mol. The lowest BCUT2D eigenvalue weighted by Crippen LogP contribution is -2.06. The molecule has 0 radical (unpaired) electrons. The zero-order valence-electron chi connectivity index (χ0n) is 9.85. The van der Waals surface area contributed by atoms with Crippen LogP contribution in [0.15, 0.2) is 33.5 Å². The third kappa shape index (κ3) is 2.29. The summed E-state index contributed by atoms with van der Waals surface area (Å²) in [6.07, 6.45) is 0. The van der Waals surface area contributed by atoms with Crippen molar-refractivity contribution in [2.75, 3.05) is 0 Å². The summed E-state index contributed by atoms with van der Waals surface area (Å²) in [5.74, 6) is -0.689. The summed E-state index contributed by atoms with van der Waals surface area (Å²) < 4.78 is 9.89. The molecule has 92 valence electrons. The minimum atomic E-state index is -0.546. The van der Waals surface area contributed by atoms with Crippen molar-refractivity contribution in [2.24, 2.45) is 0 Å². The number of rotatable bonds is 2. The van der Waals surface area contributed by atoms with Gasteiger partial charge >= 0.3 is 11.6 Å². The maximum atomic E-state index is 11.5. The van der Waals surface area contributed by atoms with Crippen LogP contribution in [0.4, 0.5) is 0 Å². The number of hydrogen-bond acceptors (Lipinski definition) is 5. The fourth-order valence-corrected chi connectivity index (χ4v) is 1.61. The first-order valence-electron chi connectivity index (χ1n) is 5.24. The Kier molecular flexibility index (Phi) is 2.97. The van der Waals surface area contributed by atoms with Crippen LogP contribution in [-0.4, -0.2) is 11.8 Å². The third-order valence-electron chi connectivity index (χ3n) is 2.35. The molecule has 0 N–H and O–H groups in total. The molecule has 0 fully saturated rings. The maximum Gasteiger partial charge on any atom is 0.336 e. The van der Waals surface area contributed by atoms with Crippen molar-refractivity contribution >= 4 is 22.7 Å². The molecule has 0 unspecified atom stereocenters. The first kappa shape index (κ1) is 12.0. The zero-order chi connectivity index (χ0) is 13.3. The second kappa shape index (κ2) is 4.44. The standard InChI is InChI=1S/C13H10O5/c1-7(14)10-5-9-3-4-13(16)18-11(9)6-12(10)17-8(2)15/h3-6H,1-2H3. The zero-order valence-corrected chi connectivity index (χ0v) is 9.85. The van der Waals surface area contributed by atoms with Crippen LogP contribution in [0.3, 0.4) is 0 Å². The van der Waals surface area contributed by atoms with E-state index < -0.39 is 11.6 Å². The quantitative estimate of drug-likeness (QED) is 0.350. The summed E-state index contributed by atoms with van der Waals surface area (Å²) >= 11 is 0. The Labute approximate surface area is 102 Å². The van der Waals surface area contributed by atoms with Crippen molar-refractivity contribution in [3.63, 3.8) is 0 Å². The summed E-state index contributed by atoms with van der Waals surface area (Å²) in [5, 5.41) is 0.593. The van der Waals surface area contributed by atoms with Crippen molar-refractivity contribution in [2.45, 2.75) is 13.8 Å². The molecule has 5 heteroatoms. The third-order valence-corrected chi connectivity index (χ3v) is 2.35. The molecule has 1 heterocycles. The molecule has 0 spiro atoms. The summed E-state index contributed by atoms with van der Waals surface area (Å²) in [4.78, 5) is 33.5. The molecule has 18 heavy (non-hydrogen) atoms. The average Bonchev–Trinajstić information content (AvgIpc) is 2.26. The van der Waals surface area contributed by atoms with Gasteiger partial charge in [0.05, 0.1) is 5.56 Å². The van der Waals surface area contributed by atoms with Gasteiger partial charge < -0.3 is 9.15 Å². The van der Waals surface area contributed by atoms with Crippen LogP contribution in [0.1, 0.15) is 24.2 Å². The Bertz CT molecular complexity index is 696. The summed E-state index contributed by atoms with van der Waals surface area (Å²) in [6, 6.07) is 5.71. The molecule has 0 bridgehead atoms. The number of fused-ring (bicyclic) bond motifs is 1. The molecule has 0 saturated carbocycles. The molecule has 5 nitrogen and oxygen atoms in total. The van der Waals surface area contributed by atoms with Crippen LogP contribution in [0.25, 0.3) is 11.0 Å². The number of hydrogen-bond donors (Lipinski definition) is 0. The van der Waals surface area contributed by atoms with Gasteiger partial charge in [0.1, 0.15) is 11.3 Å². The van der Waals surface area contributed by atoms with E-state index >= 15 is 0 Å². The van der Waals surface area contributed by atoms with Gasteiger partial charge in [0.25, 0.3) is 0 Å². The first-order valence-corrected chi connectivity index (χ1v) is 5.24. The van der Waals surface area contributed by atoms with Gasteiger partial charge in [-0.1, -0.05) is 0 Å². The summed E-state index contributed by atoms with van der Waals surface area (Å²) in [7, 11) is 0. The molecular formula is C13H10O5. The maximum absolute atomic E-state index is 11.5. The Morgan fingerprint density at radius 1 is 1.17 bits per heavy atom. The topological polar surface area (TPSA) is 73.6 Å². The minimum Gasteiger partial charge on any atom is -0.426 e. The van der Waals surface area contributed by atoms with Gasteiger partial charge in [-0.25, -0.2) is 4.79 Å². The van der Waals surface area contributed by atoms with E-state index in [0.29, 0.717) is 5.39 Å². The van der Waals surface area contributed by atoms with Gasteiger partial charge in [-0.15, -0.1) is 0 Å². The Morgan fingerprint density at radius 3 is 2.50 bits per heavy atom. The molecule has 1 aromatic heterocycles. The number of esters is 1. The Hall–Kier alpha value is -2.43. The lowest BCUT2D eigenvalue weighted by Gasteiger charge is -2.07. The van der Waals surface area contributed by atoms with Crippen LogP contribution in [0.2, 0.25) is 0 Å². The molecule has 0 saturated heterocycles. The second-order valence-electron chi connectivity index (χ2n) is 3.79. The highest BCUT2D eigenvalue weighted by molar-refractivity contribution is 6.01. The summed E-state index contributed by atoms with van der Waals surface area (Å²) in [6.45, 7) is 2.60. The normalized spacial score (nSPS) is 10.3. The fourth-order valence-electron chi connectivity index (χ4n) is 1.61. The number of Topliss-reactive ketones (excluding diaryl/α,β-unsaturated/α-hetero) is 1. The molecule has 0 amide bonds. The monoisotopic (exact) mass is 246 g/mol. The number of ether oxygens (including phenoxy) is 1. The van der Waals surface area contributed by atoms with E-state index in [0.717, 1.165) is 0 Å². The molecular weight excluding hydrogens is 236 g/mol. The molecule has 1 aromatic carbocycles. The van der Waals surface area contributed by atoms with Gasteiger partial charge in [-0.2, -0.15) is 0 Å². The van der Waals surface area contributed by atoms with E-state index in [9.17, 15) is 14.4 Å². The van der Waals surface area contributed by atoms with Crippen molar-refractivity contribution in [3.8, 4) is 5.75 Å². The van der Waals surface area contributed by atoms with Crippen LogP contribution < -0.4 is 10.4 Å². The van der Waals surface area contributed by atoms with Crippen molar-refractivity contribution in [1.82, 2.24) is 0 Å². The minimum absolute atomic E-state index is 0.0943. The van der Waals surface area contributed by atoms with Crippen LogP contribution in [0.5, 0.6) is 5.75 Å². The second-order valence-corrected chi connectivity index (χ2v) is 3.79. The highest BCUT2D eigenvalue weighted by Crippen LogP contribution is 2.26. The molecule has 0 aliphatic heterocycles. The molecule has 2 aromatic rings. The highest BCUT2D eigenvalue weighted by Gasteiger charge is 2.13. The number of carbonyl (C=O) groups is 2. The van der Waals surface area contributed by atoms with E-state index in [4.69, 9.17) is 9.15 Å². The van der Waals surface area contributed by atoms with Gasteiger partial charge in [-0.3, -0.25) is 9.59 Å². The van der Waals surface area contributed by atoms with Crippen LogP contribution in [0, 0.1) is 0 Å². The van der Waals surface area contributed by atoms with Crippen LogP contribution >= 0.6 is 0 Å². The van der Waals surface area contributed by atoms with E-state index in [1.165, 1.54) is 32.0 Å². The number of ketones is 1.